The van der Waals surface area contributed by atoms with Crippen LogP contribution in [0.3, 0.4) is 0 Å². The van der Waals surface area contributed by atoms with Crippen LogP contribution in [0.1, 0.15) is 18.4 Å². The topological polar surface area (TPSA) is 40.6 Å². The number of nitrogens with zero attached hydrogens (tertiary/aromatic N) is 3. The first kappa shape index (κ1) is 16.2. The Morgan fingerprint density at radius 2 is 2.10 bits per heavy atom. The second-order valence-corrected chi connectivity index (χ2v) is 5.88. The highest BCUT2D eigenvalue weighted by Gasteiger charge is 2.21. The minimum absolute atomic E-state index is 0.713. The first-order valence-corrected chi connectivity index (χ1v) is 7.76. The summed E-state index contributed by atoms with van der Waals surface area (Å²) in [6.45, 7) is 4.66. The third kappa shape index (κ3) is 4.95. The lowest BCUT2D eigenvalue weighted by Crippen LogP contribution is -2.42. The van der Waals surface area contributed by atoms with E-state index in [9.17, 15) is 0 Å². The zero-order valence-corrected chi connectivity index (χ0v) is 13.5. The zero-order chi connectivity index (χ0) is 15.1. The predicted molar refractivity (Wildman–Crippen MR) is 86.7 cm³/mol. The number of rotatable bonds is 7. The van der Waals surface area contributed by atoms with Crippen molar-refractivity contribution in [1.82, 2.24) is 15.2 Å². The normalized spacial score (nSPS) is 16.7. The molecule has 1 aliphatic rings. The maximum absolute atomic E-state index is 5.02. The second kappa shape index (κ2) is 8.32. The van der Waals surface area contributed by atoms with Crippen LogP contribution in [0.2, 0.25) is 0 Å². The fraction of sp³-hybridized carbons (Fsp3) is 0.688. The van der Waals surface area contributed by atoms with Crippen LogP contribution in [-0.4, -0.2) is 63.4 Å². The smallest absolute Gasteiger partial charge is 0.128 e. The molecule has 5 nitrogen and oxygen atoms in total. The van der Waals surface area contributed by atoms with Gasteiger partial charge in [-0.15, -0.1) is 0 Å². The Labute approximate surface area is 128 Å². The van der Waals surface area contributed by atoms with Crippen LogP contribution in [0, 0.1) is 0 Å². The summed E-state index contributed by atoms with van der Waals surface area (Å²) in [4.78, 5) is 9.34. The van der Waals surface area contributed by atoms with E-state index in [0.717, 1.165) is 38.6 Å². The highest BCUT2D eigenvalue weighted by atomic mass is 16.5. The first-order valence-electron chi connectivity index (χ1n) is 7.76. The third-order valence-corrected chi connectivity index (χ3v) is 4.14. The summed E-state index contributed by atoms with van der Waals surface area (Å²) in [6, 6.07) is 5.02. The molecule has 0 saturated carbocycles. The van der Waals surface area contributed by atoms with Gasteiger partial charge in [0.2, 0.25) is 0 Å². The van der Waals surface area contributed by atoms with Gasteiger partial charge in [-0.05, 0) is 38.6 Å². The molecule has 1 saturated heterocycles. The standard InChI is InChI=1S/C16H28N4O/c1-19(2)15-6-9-20(10-7-15)16-5-4-14(13-18-16)12-17-8-11-21-3/h4-5,13,15,17H,6-12H2,1-3H3. The number of pyridine rings is 1. The third-order valence-electron chi connectivity index (χ3n) is 4.14. The van der Waals surface area contributed by atoms with Gasteiger partial charge in [0.25, 0.3) is 0 Å². The largest absolute Gasteiger partial charge is 0.383 e. The van der Waals surface area contributed by atoms with Crippen LogP contribution in [0.25, 0.3) is 0 Å². The van der Waals surface area contributed by atoms with Gasteiger partial charge in [0.05, 0.1) is 6.61 Å². The average Bonchev–Trinajstić information content (AvgIpc) is 2.52. The van der Waals surface area contributed by atoms with Crippen molar-refractivity contribution >= 4 is 5.82 Å². The van der Waals surface area contributed by atoms with Gasteiger partial charge >= 0.3 is 0 Å². The molecular formula is C16H28N4O. The van der Waals surface area contributed by atoms with Gasteiger partial charge < -0.3 is 19.9 Å². The number of methoxy groups -OCH3 is 1. The number of piperidine rings is 1. The van der Waals surface area contributed by atoms with Gasteiger partial charge in [-0.2, -0.15) is 0 Å². The SMILES string of the molecule is COCCNCc1ccc(N2CCC(N(C)C)CC2)nc1. The number of hydrogen-bond acceptors (Lipinski definition) is 5. The molecule has 0 aliphatic carbocycles. The molecule has 0 amide bonds. The summed E-state index contributed by atoms with van der Waals surface area (Å²) in [6.07, 6.45) is 4.41. The Morgan fingerprint density at radius 3 is 2.67 bits per heavy atom. The van der Waals surface area contributed by atoms with Gasteiger partial charge in [0.15, 0.2) is 0 Å². The Morgan fingerprint density at radius 1 is 1.33 bits per heavy atom. The fourth-order valence-electron chi connectivity index (χ4n) is 2.73. The minimum Gasteiger partial charge on any atom is -0.383 e. The predicted octanol–water partition coefficient (Wildman–Crippen LogP) is 1.35. The van der Waals surface area contributed by atoms with Crippen LogP contribution in [0.15, 0.2) is 18.3 Å². The van der Waals surface area contributed by atoms with E-state index in [0.29, 0.717) is 6.04 Å². The van der Waals surface area contributed by atoms with Crippen molar-refractivity contribution in [3.8, 4) is 0 Å². The zero-order valence-electron chi connectivity index (χ0n) is 13.5. The molecule has 0 radical (unpaired) electrons. The van der Waals surface area contributed by atoms with Gasteiger partial charge in [-0.1, -0.05) is 6.07 Å². The van der Waals surface area contributed by atoms with E-state index in [2.05, 4.69) is 46.3 Å². The van der Waals surface area contributed by atoms with E-state index in [4.69, 9.17) is 4.74 Å². The fourth-order valence-corrected chi connectivity index (χ4v) is 2.73. The Bertz CT molecular complexity index is 399. The van der Waals surface area contributed by atoms with Gasteiger partial charge in [-0.25, -0.2) is 4.98 Å². The molecule has 21 heavy (non-hydrogen) atoms. The maximum atomic E-state index is 5.02. The van der Waals surface area contributed by atoms with Gasteiger partial charge in [-0.3, -0.25) is 0 Å². The number of aromatic nitrogens is 1. The highest BCUT2D eigenvalue weighted by molar-refractivity contribution is 5.39. The first-order chi connectivity index (χ1) is 10.2. The Hall–Kier alpha value is -1.17. The number of hydrogen-bond donors (Lipinski definition) is 1. The van der Waals surface area contributed by atoms with E-state index in [1.165, 1.54) is 18.4 Å². The summed E-state index contributed by atoms with van der Waals surface area (Å²) in [5, 5.41) is 3.34. The number of anilines is 1. The molecule has 2 rings (SSSR count). The van der Waals surface area contributed by atoms with Crippen molar-refractivity contribution in [2.24, 2.45) is 0 Å². The van der Waals surface area contributed by atoms with E-state index >= 15 is 0 Å². The van der Waals surface area contributed by atoms with E-state index in [-0.39, 0.29) is 0 Å². The number of ether oxygens (including phenoxy) is 1. The van der Waals surface area contributed by atoms with Crippen molar-refractivity contribution in [1.29, 1.82) is 0 Å². The lowest BCUT2D eigenvalue weighted by molar-refractivity contribution is 0.199. The minimum atomic E-state index is 0.713. The lowest BCUT2D eigenvalue weighted by atomic mass is 10.0. The molecule has 1 aromatic rings. The molecule has 0 unspecified atom stereocenters. The van der Waals surface area contributed by atoms with Crippen molar-refractivity contribution < 1.29 is 4.74 Å². The van der Waals surface area contributed by atoms with Crippen LogP contribution in [0.4, 0.5) is 5.82 Å². The molecular weight excluding hydrogens is 264 g/mol. The van der Waals surface area contributed by atoms with Crippen LogP contribution >= 0.6 is 0 Å². The summed E-state index contributed by atoms with van der Waals surface area (Å²) in [5.74, 6) is 1.10. The highest BCUT2D eigenvalue weighted by Crippen LogP contribution is 2.19. The van der Waals surface area contributed by atoms with Crippen molar-refractivity contribution in [2.75, 3.05) is 52.3 Å². The number of nitrogens with one attached hydrogen (secondary N) is 1. The molecule has 1 fully saturated rings. The van der Waals surface area contributed by atoms with Crippen LogP contribution < -0.4 is 10.2 Å². The summed E-state index contributed by atoms with van der Waals surface area (Å²) < 4.78 is 5.02. The molecule has 5 heteroatoms. The summed E-state index contributed by atoms with van der Waals surface area (Å²) in [7, 11) is 6.06. The van der Waals surface area contributed by atoms with Crippen molar-refractivity contribution in [2.45, 2.75) is 25.4 Å². The molecule has 118 valence electrons. The van der Waals surface area contributed by atoms with Crippen LogP contribution in [-0.2, 0) is 11.3 Å². The maximum Gasteiger partial charge on any atom is 0.128 e. The van der Waals surface area contributed by atoms with Crippen LogP contribution in [0.5, 0.6) is 0 Å². The van der Waals surface area contributed by atoms with Crippen molar-refractivity contribution in [3.05, 3.63) is 23.9 Å². The Balaban J connectivity index is 1.80. The quantitative estimate of drug-likeness (QED) is 0.768. The molecule has 1 aliphatic heterocycles. The molecule has 0 bridgehead atoms. The molecule has 1 N–H and O–H groups in total. The molecule has 0 aromatic carbocycles. The van der Waals surface area contributed by atoms with Gasteiger partial charge in [0, 0.05) is 45.5 Å². The average molecular weight is 292 g/mol. The van der Waals surface area contributed by atoms with E-state index in [1.807, 2.05) is 6.20 Å². The lowest BCUT2D eigenvalue weighted by Gasteiger charge is -2.35. The van der Waals surface area contributed by atoms with E-state index < -0.39 is 0 Å². The van der Waals surface area contributed by atoms with E-state index in [1.54, 1.807) is 7.11 Å². The molecule has 0 atom stereocenters. The molecule has 2 heterocycles. The van der Waals surface area contributed by atoms with Gasteiger partial charge in [0.1, 0.15) is 5.82 Å². The Kier molecular flexibility index (Phi) is 6.42. The summed E-state index contributed by atoms with van der Waals surface area (Å²) in [5.41, 5.74) is 1.22. The molecule has 0 spiro atoms. The summed E-state index contributed by atoms with van der Waals surface area (Å²) >= 11 is 0. The second-order valence-electron chi connectivity index (χ2n) is 5.88. The monoisotopic (exact) mass is 292 g/mol. The van der Waals surface area contributed by atoms with Crippen molar-refractivity contribution in [3.63, 3.8) is 0 Å². The molecule has 1 aromatic heterocycles.